The Morgan fingerprint density at radius 2 is 2.12 bits per heavy atom. The van der Waals surface area contributed by atoms with Crippen molar-refractivity contribution in [2.24, 2.45) is 0 Å². The largest absolute Gasteiger partial charge is 0.480 e. The summed E-state index contributed by atoms with van der Waals surface area (Å²) in [5, 5.41) is 14.4. The smallest absolute Gasteiger partial charge is 0.322 e. The van der Waals surface area contributed by atoms with Gasteiger partial charge in [-0.2, -0.15) is 0 Å². The third-order valence-corrected chi connectivity index (χ3v) is 3.09. The van der Waals surface area contributed by atoms with Crippen LogP contribution in [0.1, 0.15) is 0 Å². The first-order valence-corrected chi connectivity index (χ1v) is 6.08. The molecule has 2 rings (SSSR count). The second-order valence-electron chi connectivity index (χ2n) is 3.29. The van der Waals surface area contributed by atoms with Crippen LogP contribution in [0.4, 0.5) is 5.13 Å². The monoisotopic (exact) mass is 268 g/mol. The summed E-state index contributed by atoms with van der Waals surface area (Å²) in [5.41, 5.74) is 1.76. The van der Waals surface area contributed by atoms with Gasteiger partial charge < -0.3 is 10.4 Å². The van der Waals surface area contributed by atoms with Gasteiger partial charge in [-0.05, 0) is 12.1 Å². The fourth-order valence-corrected chi connectivity index (χ4v) is 2.10. The van der Waals surface area contributed by atoms with Gasteiger partial charge in [-0.3, -0.25) is 4.79 Å². The van der Waals surface area contributed by atoms with Crippen LogP contribution in [0, 0.1) is 0 Å². The first kappa shape index (κ1) is 11.9. The number of carbonyl (C=O) groups is 1. The lowest BCUT2D eigenvalue weighted by atomic mass is 10.2. The molecule has 1 aromatic heterocycles. The maximum atomic E-state index is 10.4. The first-order chi connectivity index (χ1) is 8.15. The molecule has 17 heavy (non-hydrogen) atoms. The Hall–Kier alpha value is -1.59. The van der Waals surface area contributed by atoms with Crippen LogP contribution in [-0.4, -0.2) is 22.6 Å². The summed E-state index contributed by atoms with van der Waals surface area (Å²) in [4.78, 5) is 14.7. The zero-order valence-corrected chi connectivity index (χ0v) is 10.3. The van der Waals surface area contributed by atoms with Gasteiger partial charge in [-0.15, -0.1) is 11.3 Å². The SMILES string of the molecule is O=C(O)CNc1nc(-c2ccc(Cl)cc2)cs1. The minimum atomic E-state index is -0.909. The summed E-state index contributed by atoms with van der Waals surface area (Å²) < 4.78 is 0. The molecule has 0 bridgehead atoms. The van der Waals surface area contributed by atoms with Gasteiger partial charge in [-0.1, -0.05) is 23.7 Å². The molecule has 0 radical (unpaired) electrons. The molecule has 0 aliphatic rings. The van der Waals surface area contributed by atoms with Gasteiger partial charge >= 0.3 is 5.97 Å². The number of hydrogen-bond donors (Lipinski definition) is 2. The molecule has 88 valence electrons. The van der Waals surface area contributed by atoms with Crippen molar-refractivity contribution in [1.29, 1.82) is 0 Å². The number of aliphatic carboxylic acids is 1. The molecule has 4 nitrogen and oxygen atoms in total. The van der Waals surface area contributed by atoms with Gasteiger partial charge in [0.2, 0.25) is 0 Å². The van der Waals surface area contributed by atoms with E-state index in [2.05, 4.69) is 10.3 Å². The maximum absolute atomic E-state index is 10.4. The quantitative estimate of drug-likeness (QED) is 0.895. The van der Waals surface area contributed by atoms with Gasteiger partial charge in [0.05, 0.1) is 5.69 Å². The van der Waals surface area contributed by atoms with Crippen LogP contribution in [0.2, 0.25) is 5.02 Å². The summed E-state index contributed by atoms with van der Waals surface area (Å²) in [6.07, 6.45) is 0. The van der Waals surface area contributed by atoms with Gasteiger partial charge in [0, 0.05) is 16.0 Å². The third-order valence-electron chi connectivity index (χ3n) is 2.04. The molecule has 1 aromatic carbocycles. The average molecular weight is 269 g/mol. The van der Waals surface area contributed by atoms with E-state index in [9.17, 15) is 4.79 Å². The van der Waals surface area contributed by atoms with E-state index in [1.165, 1.54) is 11.3 Å². The molecule has 0 unspecified atom stereocenters. The summed E-state index contributed by atoms with van der Waals surface area (Å²) in [6, 6.07) is 7.33. The number of halogens is 1. The number of hydrogen-bond acceptors (Lipinski definition) is 4. The summed E-state index contributed by atoms with van der Waals surface area (Å²) in [5.74, 6) is -0.909. The number of carboxylic acid groups (broad SMARTS) is 1. The fraction of sp³-hybridized carbons (Fsp3) is 0.0909. The van der Waals surface area contributed by atoms with Crippen LogP contribution in [0.15, 0.2) is 29.6 Å². The molecular weight excluding hydrogens is 260 g/mol. The number of thiazole rings is 1. The molecule has 0 spiro atoms. The molecule has 2 N–H and O–H groups in total. The van der Waals surface area contributed by atoms with E-state index in [1.54, 1.807) is 12.1 Å². The highest BCUT2D eigenvalue weighted by molar-refractivity contribution is 7.14. The highest BCUT2D eigenvalue weighted by Gasteiger charge is 2.05. The number of nitrogens with one attached hydrogen (secondary N) is 1. The van der Waals surface area contributed by atoms with Crippen molar-refractivity contribution in [3.05, 3.63) is 34.7 Å². The van der Waals surface area contributed by atoms with Crippen molar-refractivity contribution in [1.82, 2.24) is 4.98 Å². The highest BCUT2D eigenvalue weighted by atomic mass is 35.5. The van der Waals surface area contributed by atoms with Crippen LogP contribution in [0.25, 0.3) is 11.3 Å². The number of nitrogens with zero attached hydrogens (tertiary/aromatic N) is 1. The molecule has 0 aliphatic carbocycles. The van der Waals surface area contributed by atoms with Crippen LogP contribution < -0.4 is 5.32 Å². The fourth-order valence-electron chi connectivity index (χ4n) is 1.26. The van der Waals surface area contributed by atoms with Crippen molar-refractivity contribution < 1.29 is 9.90 Å². The van der Waals surface area contributed by atoms with E-state index in [4.69, 9.17) is 16.7 Å². The summed E-state index contributed by atoms with van der Waals surface area (Å²) in [6.45, 7) is -0.131. The summed E-state index contributed by atoms with van der Waals surface area (Å²) >= 11 is 7.17. The number of aromatic nitrogens is 1. The average Bonchev–Trinajstić information content (AvgIpc) is 2.76. The molecule has 0 aliphatic heterocycles. The van der Waals surface area contributed by atoms with Crippen LogP contribution in [0.3, 0.4) is 0 Å². The predicted molar refractivity (Wildman–Crippen MR) is 68.7 cm³/mol. The van der Waals surface area contributed by atoms with E-state index in [-0.39, 0.29) is 6.54 Å². The Balaban J connectivity index is 2.12. The number of rotatable bonds is 4. The van der Waals surface area contributed by atoms with Crippen molar-refractivity contribution in [3.63, 3.8) is 0 Å². The lowest BCUT2D eigenvalue weighted by molar-refractivity contribution is -0.134. The minimum absolute atomic E-state index is 0.131. The van der Waals surface area contributed by atoms with Crippen molar-refractivity contribution >= 4 is 34.0 Å². The van der Waals surface area contributed by atoms with E-state index in [1.807, 2.05) is 17.5 Å². The Morgan fingerprint density at radius 1 is 1.41 bits per heavy atom. The zero-order chi connectivity index (χ0) is 12.3. The van der Waals surface area contributed by atoms with E-state index in [0.29, 0.717) is 10.2 Å². The minimum Gasteiger partial charge on any atom is -0.480 e. The van der Waals surface area contributed by atoms with Gasteiger partial charge in [-0.25, -0.2) is 4.98 Å². The molecule has 0 saturated heterocycles. The number of benzene rings is 1. The van der Waals surface area contributed by atoms with E-state index in [0.717, 1.165) is 11.3 Å². The van der Waals surface area contributed by atoms with Gasteiger partial charge in [0.1, 0.15) is 6.54 Å². The van der Waals surface area contributed by atoms with Crippen molar-refractivity contribution in [2.75, 3.05) is 11.9 Å². The molecule has 0 fully saturated rings. The van der Waals surface area contributed by atoms with Crippen LogP contribution in [-0.2, 0) is 4.79 Å². The van der Waals surface area contributed by atoms with E-state index >= 15 is 0 Å². The molecule has 1 heterocycles. The molecule has 2 aromatic rings. The molecule has 0 amide bonds. The van der Waals surface area contributed by atoms with Crippen LogP contribution >= 0.6 is 22.9 Å². The lowest BCUT2D eigenvalue weighted by Gasteiger charge is -1.97. The van der Waals surface area contributed by atoms with Crippen LogP contribution in [0.5, 0.6) is 0 Å². The van der Waals surface area contributed by atoms with Gasteiger partial charge in [0.15, 0.2) is 5.13 Å². The van der Waals surface area contributed by atoms with E-state index < -0.39 is 5.97 Å². The third kappa shape index (κ3) is 3.18. The second kappa shape index (κ2) is 5.16. The number of anilines is 1. The first-order valence-electron chi connectivity index (χ1n) is 4.82. The Kier molecular flexibility index (Phi) is 3.61. The van der Waals surface area contributed by atoms with Crippen molar-refractivity contribution in [3.8, 4) is 11.3 Å². The Bertz CT molecular complexity index is 525. The predicted octanol–water partition coefficient (Wildman–Crippen LogP) is 2.96. The molecule has 0 atom stereocenters. The molecular formula is C11H9ClN2O2S. The highest BCUT2D eigenvalue weighted by Crippen LogP contribution is 2.25. The second-order valence-corrected chi connectivity index (χ2v) is 4.59. The molecule has 6 heteroatoms. The Morgan fingerprint density at radius 3 is 2.76 bits per heavy atom. The molecule has 0 saturated carbocycles. The van der Waals surface area contributed by atoms with Gasteiger partial charge in [0.25, 0.3) is 0 Å². The normalized spacial score (nSPS) is 10.2. The topological polar surface area (TPSA) is 62.2 Å². The summed E-state index contributed by atoms with van der Waals surface area (Å²) in [7, 11) is 0. The van der Waals surface area contributed by atoms with Crippen molar-refractivity contribution in [2.45, 2.75) is 0 Å². The maximum Gasteiger partial charge on any atom is 0.322 e. The number of carboxylic acids is 1. The standard InChI is InChI=1S/C11H9ClN2O2S/c12-8-3-1-7(2-4-8)9-6-17-11(14-9)13-5-10(15)16/h1-4,6H,5H2,(H,13,14)(H,15,16). The zero-order valence-electron chi connectivity index (χ0n) is 8.68. The Labute approximate surface area is 107 Å². The lowest BCUT2D eigenvalue weighted by Crippen LogP contribution is -2.11.